The molecular formula is C19H29N5O3. The van der Waals surface area contributed by atoms with Gasteiger partial charge in [-0.2, -0.15) is 4.98 Å². The first-order valence-corrected chi connectivity index (χ1v) is 8.85. The second kappa shape index (κ2) is 9.25. The fourth-order valence-electron chi connectivity index (χ4n) is 2.25. The Labute approximate surface area is 160 Å². The highest BCUT2D eigenvalue weighted by Crippen LogP contribution is 2.19. The summed E-state index contributed by atoms with van der Waals surface area (Å²) in [7, 11) is 5.32. The monoisotopic (exact) mass is 375 g/mol. The second-order valence-corrected chi connectivity index (χ2v) is 7.11. The van der Waals surface area contributed by atoms with Gasteiger partial charge in [-0.1, -0.05) is 25.9 Å². The zero-order valence-corrected chi connectivity index (χ0v) is 16.9. The Balaban J connectivity index is 1.79. The Morgan fingerprint density at radius 3 is 2.44 bits per heavy atom. The molecule has 1 heterocycles. The number of nitrogens with zero attached hydrogens (tertiary/aromatic N) is 4. The first kappa shape index (κ1) is 20.5. The van der Waals surface area contributed by atoms with Crippen LogP contribution in [0.5, 0.6) is 11.5 Å². The molecule has 0 unspecified atom stereocenters. The number of methoxy groups -OCH3 is 1. The van der Waals surface area contributed by atoms with Crippen molar-refractivity contribution in [2.75, 3.05) is 34.4 Å². The van der Waals surface area contributed by atoms with Gasteiger partial charge in [-0.25, -0.2) is 0 Å². The molecule has 1 aromatic carbocycles. The van der Waals surface area contributed by atoms with Crippen LogP contribution in [-0.4, -0.2) is 55.4 Å². The number of guanidine groups is 1. The predicted molar refractivity (Wildman–Crippen MR) is 104 cm³/mol. The van der Waals surface area contributed by atoms with Gasteiger partial charge < -0.3 is 24.2 Å². The van der Waals surface area contributed by atoms with Gasteiger partial charge in [-0.15, -0.1) is 0 Å². The van der Waals surface area contributed by atoms with E-state index in [2.05, 4.69) is 20.4 Å². The van der Waals surface area contributed by atoms with E-state index < -0.39 is 0 Å². The molecule has 0 atom stereocenters. The first-order chi connectivity index (χ1) is 12.8. The van der Waals surface area contributed by atoms with E-state index in [1.807, 2.05) is 57.0 Å². The molecule has 8 nitrogen and oxygen atoms in total. The lowest BCUT2D eigenvalue weighted by Crippen LogP contribution is -2.40. The van der Waals surface area contributed by atoms with Crippen LogP contribution in [0.25, 0.3) is 0 Å². The standard InChI is InChI=1S/C19H29N5O3/c1-19(2,3)17-22-16(23-27-17)13-21-18(20-4)24(5)11-12-26-15-9-7-14(25-6)8-10-15/h7-10H,11-13H2,1-6H3,(H,20,21). The van der Waals surface area contributed by atoms with E-state index in [-0.39, 0.29) is 5.41 Å². The molecule has 2 rings (SSSR count). The van der Waals surface area contributed by atoms with Gasteiger partial charge in [-0.05, 0) is 24.3 Å². The van der Waals surface area contributed by atoms with Gasteiger partial charge in [0.2, 0.25) is 5.89 Å². The summed E-state index contributed by atoms with van der Waals surface area (Å²) in [5, 5.41) is 7.24. The van der Waals surface area contributed by atoms with Crippen LogP contribution in [0.4, 0.5) is 0 Å². The van der Waals surface area contributed by atoms with Gasteiger partial charge >= 0.3 is 0 Å². The van der Waals surface area contributed by atoms with Crippen molar-refractivity contribution < 1.29 is 14.0 Å². The minimum atomic E-state index is -0.164. The normalized spacial score (nSPS) is 12.0. The highest BCUT2D eigenvalue weighted by molar-refractivity contribution is 5.79. The molecule has 0 saturated heterocycles. The quantitative estimate of drug-likeness (QED) is 0.588. The number of likely N-dealkylation sites (N-methyl/N-ethyl adjacent to an activating group) is 1. The zero-order chi connectivity index (χ0) is 19.9. The van der Waals surface area contributed by atoms with E-state index in [0.29, 0.717) is 31.4 Å². The fourth-order valence-corrected chi connectivity index (χ4v) is 2.25. The molecule has 0 aliphatic carbocycles. The van der Waals surface area contributed by atoms with Crippen molar-refractivity contribution >= 4 is 5.96 Å². The molecule has 1 N–H and O–H groups in total. The third-order valence-electron chi connectivity index (χ3n) is 3.84. The Bertz CT molecular complexity index is 735. The first-order valence-electron chi connectivity index (χ1n) is 8.85. The maximum atomic E-state index is 5.75. The molecular weight excluding hydrogens is 346 g/mol. The maximum absolute atomic E-state index is 5.75. The SMILES string of the molecule is CN=C(NCc1noc(C(C)(C)C)n1)N(C)CCOc1ccc(OC)cc1. The molecule has 0 aliphatic rings. The largest absolute Gasteiger partial charge is 0.497 e. The van der Waals surface area contributed by atoms with Gasteiger partial charge in [0.15, 0.2) is 11.8 Å². The van der Waals surface area contributed by atoms with Crippen LogP contribution in [0.15, 0.2) is 33.8 Å². The molecule has 0 fully saturated rings. The van der Waals surface area contributed by atoms with Crippen molar-refractivity contribution in [3.8, 4) is 11.5 Å². The average Bonchev–Trinajstić information content (AvgIpc) is 3.12. The third-order valence-corrected chi connectivity index (χ3v) is 3.84. The average molecular weight is 375 g/mol. The summed E-state index contributed by atoms with van der Waals surface area (Å²) in [5.74, 6) is 3.56. The van der Waals surface area contributed by atoms with Crippen LogP contribution in [0.3, 0.4) is 0 Å². The van der Waals surface area contributed by atoms with E-state index >= 15 is 0 Å². The summed E-state index contributed by atoms with van der Waals surface area (Å²) in [6.45, 7) is 7.74. The topological polar surface area (TPSA) is 85.0 Å². The molecule has 8 heteroatoms. The molecule has 148 valence electrons. The van der Waals surface area contributed by atoms with E-state index in [0.717, 1.165) is 17.5 Å². The molecule has 0 amide bonds. The number of aromatic nitrogens is 2. The van der Waals surface area contributed by atoms with Crippen molar-refractivity contribution in [3.63, 3.8) is 0 Å². The molecule has 0 radical (unpaired) electrons. The zero-order valence-electron chi connectivity index (χ0n) is 16.9. The lowest BCUT2D eigenvalue weighted by Gasteiger charge is -2.21. The molecule has 0 bridgehead atoms. The predicted octanol–water partition coefficient (Wildman–Crippen LogP) is 2.46. The summed E-state index contributed by atoms with van der Waals surface area (Å²) >= 11 is 0. The second-order valence-electron chi connectivity index (χ2n) is 7.11. The van der Waals surface area contributed by atoms with E-state index in [1.165, 1.54) is 0 Å². The summed E-state index contributed by atoms with van der Waals surface area (Å²) in [6, 6.07) is 7.51. The highest BCUT2D eigenvalue weighted by atomic mass is 16.5. The van der Waals surface area contributed by atoms with Crippen LogP contribution >= 0.6 is 0 Å². The van der Waals surface area contributed by atoms with Gasteiger partial charge in [-0.3, -0.25) is 4.99 Å². The van der Waals surface area contributed by atoms with Crippen molar-refractivity contribution in [1.82, 2.24) is 20.4 Å². The van der Waals surface area contributed by atoms with Crippen LogP contribution < -0.4 is 14.8 Å². The van der Waals surface area contributed by atoms with Gasteiger partial charge in [0.05, 0.1) is 20.2 Å². The summed E-state index contributed by atoms with van der Waals surface area (Å²) in [6.07, 6.45) is 0. The highest BCUT2D eigenvalue weighted by Gasteiger charge is 2.21. The van der Waals surface area contributed by atoms with Crippen LogP contribution in [0.1, 0.15) is 32.5 Å². The molecule has 0 aliphatic heterocycles. The summed E-state index contributed by atoms with van der Waals surface area (Å²) in [4.78, 5) is 10.7. The van der Waals surface area contributed by atoms with Gasteiger partial charge in [0, 0.05) is 19.5 Å². The van der Waals surface area contributed by atoms with Crippen molar-refractivity contribution in [1.29, 1.82) is 0 Å². The molecule has 0 spiro atoms. The Morgan fingerprint density at radius 2 is 1.89 bits per heavy atom. The van der Waals surface area contributed by atoms with Crippen molar-refractivity contribution in [2.45, 2.75) is 32.7 Å². The lowest BCUT2D eigenvalue weighted by atomic mass is 9.97. The van der Waals surface area contributed by atoms with Gasteiger partial charge in [0.1, 0.15) is 18.1 Å². The van der Waals surface area contributed by atoms with Crippen LogP contribution in [0.2, 0.25) is 0 Å². The minimum Gasteiger partial charge on any atom is -0.497 e. The number of rotatable bonds is 7. The van der Waals surface area contributed by atoms with Crippen molar-refractivity contribution in [2.24, 2.45) is 4.99 Å². The fraction of sp³-hybridized carbons (Fsp3) is 0.526. The molecule has 2 aromatic rings. The smallest absolute Gasteiger partial charge is 0.232 e. The molecule has 1 aromatic heterocycles. The van der Waals surface area contributed by atoms with Crippen LogP contribution in [-0.2, 0) is 12.0 Å². The Morgan fingerprint density at radius 1 is 1.22 bits per heavy atom. The Kier molecular flexibility index (Phi) is 7.04. The number of aliphatic imine (C=N–C) groups is 1. The number of ether oxygens (including phenoxy) is 2. The van der Waals surface area contributed by atoms with E-state index in [9.17, 15) is 0 Å². The Hall–Kier alpha value is -2.77. The van der Waals surface area contributed by atoms with Crippen molar-refractivity contribution in [3.05, 3.63) is 36.0 Å². The minimum absolute atomic E-state index is 0.164. The molecule has 27 heavy (non-hydrogen) atoms. The lowest BCUT2D eigenvalue weighted by molar-refractivity contribution is 0.280. The maximum Gasteiger partial charge on any atom is 0.232 e. The molecule has 0 saturated carbocycles. The number of hydrogen-bond acceptors (Lipinski definition) is 6. The summed E-state index contributed by atoms with van der Waals surface area (Å²) in [5.41, 5.74) is -0.164. The van der Waals surface area contributed by atoms with E-state index in [1.54, 1.807) is 14.2 Å². The van der Waals surface area contributed by atoms with E-state index in [4.69, 9.17) is 14.0 Å². The number of benzene rings is 1. The number of nitrogens with one attached hydrogen (secondary N) is 1. The van der Waals surface area contributed by atoms with Crippen LogP contribution in [0, 0.1) is 0 Å². The summed E-state index contributed by atoms with van der Waals surface area (Å²) < 4.78 is 16.2. The third kappa shape index (κ3) is 6.16. The number of hydrogen-bond donors (Lipinski definition) is 1. The van der Waals surface area contributed by atoms with Gasteiger partial charge in [0.25, 0.3) is 0 Å².